The van der Waals surface area contributed by atoms with Crippen LogP contribution in [0.25, 0.3) is 21.9 Å². The minimum atomic E-state index is -0.997. The Bertz CT molecular complexity index is 1810. The Labute approximate surface area is 240 Å². The molecule has 0 spiro atoms. The number of halogens is 1. The van der Waals surface area contributed by atoms with Gasteiger partial charge < -0.3 is 29.5 Å². The molecule has 2 aromatic heterocycles. The van der Waals surface area contributed by atoms with Gasteiger partial charge in [0.05, 0.1) is 19.0 Å². The van der Waals surface area contributed by atoms with Crippen molar-refractivity contribution in [1.82, 2.24) is 15.2 Å². The molecule has 0 aliphatic rings. The Morgan fingerprint density at radius 3 is 2.51 bits per heavy atom. The summed E-state index contributed by atoms with van der Waals surface area (Å²) in [5, 5.41) is 18.7. The van der Waals surface area contributed by atoms with Crippen LogP contribution in [-0.2, 0) is 11.2 Å². The zero-order valence-electron chi connectivity index (χ0n) is 22.4. The van der Waals surface area contributed by atoms with E-state index < -0.39 is 17.8 Å². The molecule has 0 aliphatic carbocycles. The molecule has 210 valence electrons. The molecule has 3 aromatic carbocycles. The van der Waals surface area contributed by atoms with Crippen molar-refractivity contribution in [2.45, 2.75) is 19.6 Å². The Morgan fingerprint density at radius 1 is 1.02 bits per heavy atom. The summed E-state index contributed by atoms with van der Waals surface area (Å²) in [7, 11) is 1.57. The average Bonchev–Trinajstić information content (AvgIpc) is 3.24. The van der Waals surface area contributed by atoms with E-state index in [1.54, 1.807) is 66.3 Å². The molecule has 5 rings (SSSR count). The smallest absolute Gasteiger partial charge is 0.349 e. The van der Waals surface area contributed by atoms with Gasteiger partial charge in [-0.3, -0.25) is 9.59 Å². The average molecular weight is 574 g/mol. The summed E-state index contributed by atoms with van der Waals surface area (Å²) < 4.78 is 12.4. The number of carbonyl (C=O) groups is 2. The number of carbonyl (C=O) groups excluding carboxylic acids is 2. The summed E-state index contributed by atoms with van der Waals surface area (Å²) >= 11 is 6.02. The number of fused-ring (bicyclic) bond motifs is 2. The number of nitrogens with zero attached hydrogens (tertiary/aromatic N) is 1. The van der Waals surface area contributed by atoms with Crippen molar-refractivity contribution in [3.8, 4) is 5.75 Å². The fourth-order valence-electron chi connectivity index (χ4n) is 4.85. The van der Waals surface area contributed by atoms with E-state index in [1.165, 1.54) is 6.07 Å². The topological polar surface area (TPSA) is 123 Å². The van der Waals surface area contributed by atoms with Crippen molar-refractivity contribution in [2.75, 3.05) is 20.2 Å². The minimum Gasteiger partial charge on any atom is -0.497 e. The Morgan fingerprint density at radius 2 is 1.76 bits per heavy atom. The fraction of sp³-hybridized carbons (Fsp3) is 0.194. The molecule has 1 unspecified atom stereocenters. The number of aliphatic hydroxyl groups excluding tert-OH is 1. The molecule has 5 aromatic rings. The molecule has 1 atom stereocenters. The van der Waals surface area contributed by atoms with Gasteiger partial charge in [-0.25, -0.2) is 4.79 Å². The number of aliphatic hydroxyl groups is 1. The van der Waals surface area contributed by atoms with Gasteiger partial charge in [0, 0.05) is 40.1 Å². The number of aromatic nitrogens is 1. The maximum Gasteiger partial charge on any atom is 0.349 e. The normalized spacial score (nSPS) is 11.9. The monoisotopic (exact) mass is 573 g/mol. The Kier molecular flexibility index (Phi) is 8.09. The molecule has 0 aliphatic heterocycles. The number of rotatable bonds is 9. The molecule has 10 heteroatoms. The van der Waals surface area contributed by atoms with E-state index in [-0.39, 0.29) is 31.0 Å². The highest BCUT2D eigenvalue weighted by Crippen LogP contribution is 2.34. The second-order valence-electron chi connectivity index (χ2n) is 9.51. The fourth-order valence-corrected chi connectivity index (χ4v) is 4.98. The molecule has 3 N–H and O–H groups in total. The first kappa shape index (κ1) is 27.9. The standard InChI is InChI=1S/C31H28ClN3O6/c1-18-23(24-16-22(40-2)11-12-26(24)35(18)30(38)19-7-9-21(32)10-8-19)17-28(36)33-13-14-34-29(37)25-15-20-5-3-4-6-27(20)41-31(25)39/h3-12,15-16,30,38H,13-14,17H2,1-2H3,(H,33,36)(H,34,37). The van der Waals surface area contributed by atoms with Gasteiger partial charge in [-0.1, -0.05) is 41.9 Å². The Balaban J connectivity index is 1.28. The van der Waals surface area contributed by atoms with Crippen molar-refractivity contribution in [3.05, 3.63) is 111 Å². The first-order chi connectivity index (χ1) is 19.8. The summed E-state index contributed by atoms with van der Waals surface area (Å²) in [5.74, 6) is -0.227. The number of amides is 2. The largest absolute Gasteiger partial charge is 0.497 e. The molecular weight excluding hydrogens is 546 g/mol. The summed E-state index contributed by atoms with van der Waals surface area (Å²) in [4.78, 5) is 37.8. The van der Waals surface area contributed by atoms with Crippen LogP contribution in [0.15, 0.2) is 82.0 Å². The van der Waals surface area contributed by atoms with Crippen molar-refractivity contribution in [2.24, 2.45) is 0 Å². The maximum absolute atomic E-state index is 13.0. The van der Waals surface area contributed by atoms with E-state index in [9.17, 15) is 19.5 Å². The molecule has 41 heavy (non-hydrogen) atoms. The number of hydrogen-bond acceptors (Lipinski definition) is 6. The van der Waals surface area contributed by atoms with Crippen LogP contribution < -0.4 is 21.0 Å². The molecule has 0 saturated heterocycles. The lowest BCUT2D eigenvalue weighted by Crippen LogP contribution is -2.36. The number of hydrogen-bond donors (Lipinski definition) is 3. The molecule has 0 saturated carbocycles. The van der Waals surface area contributed by atoms with Crippen LogP contribution in [0.1, 0.15) is 33.4 Å². The lowest BCUT2D eigenvalue weighted by atomic mass is 10.1. The summed E-state index contributed by atoms with van der Waals surface area (Å²) in [6.07, 6.45) is -0.958. The highest BCUT2D eigenvalue weighted by Gasteiger charge is 2.22. The zero-order valence-corrected chi connectivity index (χ0v) is 23.2. The molecule has 9 nitrogen and oxygen atoms in total. The predicted molar refractivity (Wildman–Crippen MR) is 157 cm³/mol. The van der Waals surface area contributed by atoms with Crippen LogP contribution in [0.3, 0.4) is 0 Å². The van der Waals surface area contributed by atoms with Gasteiger partial charge >= 0.3 is 5.63 Å². The van der Waals surface area contributed by atoms with Crippen molar-refractivity contribution >= 4 is 45.3 Å². The van der Waals surface area contributed by atoms with Crippen LogP contribution in [-0.4, -0.2) is 41.7 Å². The van der Waals surface area contributed by atoms with E-state index in [0.717, 1.165) is 22.2 Å². The summed E-state index contributed by atoms with van der Waals surface area (Å²) in [6.45, 7) is 2.11. The first-order valence-electron chi connectivity index (χ1n) is 13.0. The zero-order chi connectivity index (χ0) is 29.1. The number of para-hydroxylation sites is 1. The number of ether oxygens (including phenoxy) is 1. The lowest BCUT2D eigenvalue weighted by molar-refractivity contribution is -0.120. The van der Waals surface area contributed by atoms with Gasteiger partial charge in [-0.2, -0.15) is 0 Å². The van der Waals surface area contributed by atoms with E-state index in [4.69, 9.17) is 20.8 Å². The van der Waals surface area contributed by atoms with Gasteiger partial charge in [0.1, 0.15) is 16.9 Å². The van der Waals surface area contributed by atoms with Crippen LogP contribution >= 0.6 is 11.6 Å². The molecule has 2 heterocycles. The molecular formula is C31H28ClN3O6. The van der Waals surface area contributed by atoms with E-state index in [2.05, 4.69) is 10.6 Å². The van der Waals surface area contributed by atoms with Gasteiger partial charge in [0.2, 0.25) is 5.91 Å². The van der Waals surface area contributed by atoms with Crippen LogP contribution in [0.2, 0.25) is 5.02 Å². The second kappa shape index (κ2) is 11.9. The molecule has 2 amide bonds. The van der Waals surface area contributed by atoms with Gasteiger partial charge in [-0.15, -0.1) is 0 Å². The quantitative estimate of drug-likeness (QED) is 0.178. The van der Waals surface area contributed by atoms with E-state index >= 15 is 0 Å². The Hall–Kier alpha value is -4.60. The number of methoxy groups -OCH3 is 1. The predicted octanol–water partition coefficient (Wildman–Crippen LogP) is 4.35. The molecule has 0 fully saturated rings. The van der Waals surface area contributed by atoms with Crippen LogP contribution in [0, 0.1) is 6.92 Å². The third-order valence-corrected chi connectivity index (χ3v) is 7.21. The van der Waals surface area contributed by atoms with Crippen LogP contribution in [0.4, 0.5) is 0 Å². The third-order valence-electron chi connectivity index (χ3n) is 6.96. The van der Waals surface area contributed by atoms with Crippen molar-refractivity contribution in [1.29, 1.82) is 0 Å². The molecule has 0 radical (unpaired) electrons. The number of nitrogens with one attached hydrogen (secondary N) is 2. The highest BCUT2D eigenvalue weighted by atomic mass is 35.5. The van der Waals surface area contributed by atoms with Gasteiger partial charge in [-0.05, 0) is 55.0 Å². The first-order valence-corrected chi connectivity index (χ1v) is 13.3. The third kappa shape index (κ3) is 5.82. The van der Waals surface area contributed by atoms with Gasteiger partial charge in [0.25, 0.3) is 5.91 Å². The summed E-state index contributed by atoms with van der Waals surface area (Å²) in [5.41, 5.74) is 2.42. The second-order valence-corrected chi connectivity index (χ2v) is 9.95. The molecule has 0 bridgehead atoms. The van der Waals surface area contributed by atoms with Gasteiger partial charge in [0.15, 0.2) is 6.23 Å². The maximum atomic E-state index is 13.0. The highest BCUT2D eigenvalue weighted by molar-refractivity contribution is 6.30. The van der Waals surface area contributed by atoms with E-state index in [1.807, 2.05) is 19.1 Å². The summed E-state index contributed by atoms with van der Waals surface area (Å²) in [6, 6.07) is 20.8. The van der Waals surface area contributed by atoms with Crippen molar-refractivity contribution < 1.29 is 23.8 Å². The number of benzene rings is 3. The van der Waals surface area contributed by atoms with Crippen molar-refractivity contribution in [3.63, 3.8) is 0 Å². The van der Waals surface area contributed by atoms with Crippen LogP contribution in [0.5, 0.6) is 5.75 Å². The SMILES string of the molecule is COc1ccc2c(c1)c(CC(=O)NCCNC(=O)c1cc3ccccc3oc1=O)c(C)n2C(O)c1ccc(Cl)cc1. The lowest BCUT2D eigenvalue weighted by Gasteiger charge is -2.17. The minimum absolute atomic E-state index is 0.0397. The van der Waals surface area contributed by atoms with E-state index in [0.29, 0.717) is 27.3 Å².